The Morgan fingerprint density at radius 3 is 1.84 bits per heavy atom. The summed E-state index contributed by atoms with van der Waals surface area (Å²) in [5, 5.41) is 15.5. The second-order valence-corrected chi connectivity index (χ2v) is 10.5. The van der Waals surface area contributed by atoms with E-state index < -0.39 is 23.3 Å². The van der Waals surface area contributed by atoms with Gasteiger partial charge in [-0.1, -0.05) is 5.16 Å². The molecule has 4 fully saturated rings. The molecule has 2 saturated heterocycles. The molecule has 2 aliphatic heterocycles. The lowest BCUT2D eigenvalue weighted by molar-refractivity contribution is 0.319. The number of piperidine rings is 2. The van der Waals surface area contributed by atoms with Gasteiger partial charge in [-0.2, -0.15) is 4.98 Å². The van der Waals surface area contributed by atoms with Crippen molar-refractivity contribution in [3.05, 3.63) is 71.4 Å². The standard InChI is InChI=1S/C14H12ClF2N3O.C12H12F2N2O/c15-4-12-18-14(19-21-12)13-8-5-20(6-9(8)13)7-1-2-10(16)11(17)3-7;13-11-2-1-7(3-12(11)14)16-5-9-8(4-15-17)10(9)6-16/h1-3,8-9,13H,4-6H2;1-4,8-10,17H,5-6H2/b;15-4+/t8-,9+,13?;8?,9-,10+. The summed E-state index contributed by atoms with van der Waals surface area (Å²) in [6.45, 7) is 3.22. The third kappa shape index (κ3) is 4.57. The van der Waals surface area contributed by atoms with Gasteiger partial charge in [0.25, 0.3) is 0 Å². The third-order valence-electron chi connectivity index (χ3n) is 8.13. The molecule has 12 heteroatoms. The maximum absolute atomic E-state index is 13.3. The highest BCUT2D eigenvalue weighted by Crippen LogP contribution is 2.58. The number of benzene rings is 2. The predicted molar refractivity (Wildman–Crippen MR) is 131 cm³/mol. The Morgan fingerprint density at radius 1 is 0.868 bits per heavy atom. The first-order chi connectivity index (χ1) is 18.4. The summed E-state index contributed by atoms with van der Waals surface area (Å²) in [5.41, 5.74) is 1.44. The van der Waals surface area contributed by atoms with Crippen molar-refractivity contribution in [3.8, 4) is 0 Å². The van der Waals surface area contributed by atoms with Crippen LogP contribution in [0, 0.1) is 52.9 Å². The van der Waals surface area contributed by atoms with E-state index >= 15 is 0 Å². The van der Waals surface area contributed by atoms with Crippen LogP contribution in [0.25, 0.3) is 0 Å². The van der Waals surface area contributed by atoms with Gasteiger partial charge in [-0.3, -0.25) is 0 Å². The Balaban J connectivity index is 0.000000142. The molecule has 0 spiro atoms. The number of oxime groups is 1. The Bertz CT molecular complexity index is 1350. The number of alkyl halides is 1. The van der Waals surface area contributed by atoms with Crippen LogP contribution in [0.1, 0.15) is 17.6 Å². The normalized spacial score (nSPS) is 28.8. The van der Waals surface area contributed by atoms with Crippen molar-refractivity contribution in [1.29, 1.82) is 0 Å². The molecular weight excluding hydrogens is 526 g/mol. The van der Waals surface area contributed by atoms with Gasteiger partial charge < -0.3 is 19.5 Å². The van der Waals surface area contributed by atoms with Crippen LogP contribution < -0.4 is 9.80 Å². The molecule has 7 nitrogen and oxygen atoms in total. The lowest BCUT2D eigenvalue weighted by Crippen LogP contribution is -2.24. The van der Waals surface area contributed by atoms with Crippen LogP contribution in [0.2, 0.25) is 0 Å². The Morgan fingerprint density at radius 2 is 1.39 bits per heavy atom. The molecule has 2 aliphatic carbocycles. The molecule has 1 aromatic heterocycles. The molecule has 3 heterocycles. The highest BCUT2D eigenvalue weighted by atomic mass is 35.5. The number of hydrogen-bond donors (Lipinski definition) is 1. The number of aromatic nitrogens is 2. The monoisotopic (exact) mass is 549 g/mol. The van der Waals surface area contributed by atoms with Gasteiger partial charge in [0.15, 0.2) is 29.1 Å². The van der Waals surface area contributed by atoms with E-state index in [0.717, 1.165) is 49.7 Å². The van der Waals surface area contributed by atoms with Crippen molar-refractivity contribution in [2.24, 2.45) is 34.7 Å². The number of fused-ring (bicyclic) bond motifs is 2. The molecule has 3 aromatic rings. The first-order valence-corrected chi connectivity index (χ1v) is 12.9. The van der Waals surface area contributed by atoms with Crippen molar-refractivity contribution >= 4 is 29.2 Å². The van der Waals surface area contributed by atoms with E-state index in [1.165, 1.54) is 12.1 Å². The molecule has 2 saturated carbocycles. The summed E-state index contributed by atoms with van der Waals surface area (Å²) < 4.78 is 57.1. The Labute approximate surface area is 220 Å². The fourth-order valence-corrected chi connectivity index (χ4v) is 6.13. The van der Waals surface area contributed by atoms with Crippen molar-refractivity contribution in [3.63, 3.8) is 0 Å². The molecule has 6 atom stereocenters. The summed E-state index contributed by atoms with van der Waals surface area (Å²) in [5.74, 6) is 0.621. The maximum atomic E-state index is 13.3. The maximum Gasteiger partial charge on any atom is 0.241 e. The van der Waals surface area contributed by atoms with Gasteiger partial charge in [0.05, 0.1) is 0 Å². The highest BCUT2D eigenvalue weighted by molar-refractivity contribution is 6.16. The van der Waals surface area contributed by atoms with E-state index in [1.807, 2.05) is 4.90 Å². The average molecular weight is 550 g/mol. The Kier molecular flexibility index (Phi) is 6.41. The van der Waals surface area contributed by atoms with Crippen molar-refractivity contribution in [1.82, 2.24) is 10.1 Å². The minimum Gasteiger partial charge on any atom is -0.411 e. The smallest absolute Gasteiger partial charge is 0.241 e. The van der Waals surface area contributed by atoms with Crippen LogP contribution in [-0.2, 0) is 5.88 Å². The van der Waals surface area contributed by atoms with Gasteiger partial charge in [0.1, 0.15) is 5.88 Å². The molecular formula is C26H24ClF4N5O2. The molecule has 0 amide bonds. The Hall–Kier alpha value is -3.34. The van der Waals surface area contributed by atoms with E-state index in [9.17, 15) is 17.6 Å². The lowest BCUT2D eigenvalue weighted by atomic mass is 10.2. The zero-order chi connectivity index (χ0) is 26.6. The van der Waals surface area contributed by atoms with Crippen LogP contribution in [0.5, 0.6) is 0 Å². The summed E-state index contributed by atoms with van der Waals surface area (Å²) in [4.78, 5) is 8.37. The van der Waals surface area contributed by atoms with Crippen molar-refractivity contribution in [2.45, 2.75) is 11.8 Å². The lowest BCUT2D eigenvalue weighted by Gasteiger charge is -2.21. The van der Waals surface area contributed by atoms with E-state index in [4.69, 9.17) is 21.3 Å². The van der Waals surface area contributed by atoms with E-state index in [-0.39, 0.29) is 5.88 Å². The summed E-state index contributed by atoms with van der Waals surface area (Å²) >= 11 is 5.65. The van der Waals surface area contributed by atoms with E-state index in [1.54, 1.807) is 18.3 Å². The van der Waals surface area contributed by atoms with Crippen molar-refractivity contribution in [2.75, 3.05) is 36.0 Å². The van der Waals surface area contributed by atoms with Gasteiger partial charge in [-0.15, -0.1) is 16.8 Å². The minimum atomic E-state index is -0.818. The van der Waals surface area contributed by atoms with Gasteiger partial charge in [0.2, 0.25) is 5.89 Å². The van der Waals surface area contributed by atoms with Crippen LogP contribution in [0.4, 0.5) is 28.9 Å². The predicted octanol–water partition coefficient (Wildman–Crippen LogP) is 5.04. The fraction of sp³-hybridized carbons (Fsp3) is 0.423. The fourth-order valence-electron chi connectivity index (χ4n) is 6.02. The molecule has 0 radical (unpaired) electrons. The van der Waals surface area contributed by atoms with Gasteiger partial charge in [-0.05, 0) is 47.9 Å². The first-order valence-electron chi connectivity index (χ1n) is 12.3. The molecule has 200 valence electrons. The SMILES string of the molecule is Fc1ccc(N2C[C@@H]3C(c4noc(CCl)n4)[C@@H]3C2)cc1F.O/N=C/C1[C@H]2CN(c3ccc(F)c(F)c3)C[C@@H]12. The minimum absolute atomic E-state index is 0.218. The van der Waals surface area contributed by atoms with Gasteiger partial charge in [-0.25, -0.2) is 17.6 Å². The average Bonchev–Trinajstić information content (AvgIpc) is 3.43. The number of halogens is 5. The number of hydrogen-bond acceptors (Lipinski definition) is 7. The summed E-state index contributed by atoms with van der Waals surface area (Å²) in [7, 11) is 0. The largest absolute Gasteiger partial charge is 0.411 e. The zero-order valence-electron chi connectivity index (χ0n) is 20.0. The number of anilines is 2. The molecule has 1 N–H and O–H groups in total. The van der Waals surface area contributed by atoms with Gasteiger partial charge >= 0.3 is 0 Å². The van der Waals surface area contributed by atoms with Crippen LogP contribution in [0.15, 0.2) is 46.1 Å². The van der Waals surface area contributed by atoms with Gasteiger partial charge in [0, 0.05) is 67.7 Å². The quantitative estimate of drug-likeness (QED) is 0.158. The van der Waals surface area contributed by atoms with E-state index in [2.05, 4.69) is 20.2 Å². The molecule has 4 aliphatic rings. The summed E-state index contributed by atoms with van der Waals surface area (Å²) in [6.07, 6.45) is 1.57. The molecule has 38 heavy (non-hydrogen) atoms. The first kappa shape index (κ1) is 25.0. The topological polar surface area (TPSA) is 78.0 Å². The van der Waals surface area contributed by atoms with Crippen LogP contribution in [-0.4, -0.2) is 47.7 Å². The molecule has 2 aromatic carbocycles. The third-order valence-corrected chi connectivity index (χ3v) is 8.35. The molecule has 0 bridgehead atoms. The number of nitrogens with zero attached hydrogens (tertiary/aromatic N) is 5. The summed E-state index contributed by atoms with van der Waals surface area (Å²) in [6, 6.07) is 8.00. The van der Waals surface area contributed by atoms with Crippen molar-refractivity contribution < 1.29 is 27.3 Å². The zero-order valence-corrected chi connectivity index (χ0v) is 20.8. The van der Waals surface area contributed by atoms with E-state index in [0.29, 0.717) is 47.2 Å². The number of rotatable bonds is 5. The van der Waals surface area contributed by atoms with Crippen LogP contribution >= 0.6 is 11.6 Å². The second kappa shape index (κ2) is 9.76. The second-order valence-electron chi connectivity index (χ2n) is 10.2. The molecule has 2 unspecified atom stereocenters. The highest BCUT2D eigenvalue weighted by Gasteiger charge is 2.58. The van der Waals surface area contributed by atoms with Crippen LogP contribution in [0.3, 0.4) is 0 Å². The molecule has 7 rings (SSSR count).